The lowest BCUT2D eigenvalue weighted by molar-refractivity contribution is -0.137. The molecule has 3 aromatic carbocycles. The summed E-state index contributed by atoms with van der Waals surface area (Å²) in [6.07, 6.45) is 2.60. The van der Waals surface area contributed by atoms with E-state index in [0.29, 0.717) is 16.9 Å². The fraction of sp³-hybridized carbons (Fsp3) is 0.114. The topological polar surface area (TPSA) is 172 Å². The molecule has 0 spiro atoms. The van der Waals surface area contributed by atoms with Crippen molar-refractivity contribution in [1.29, 1.82) is 0 Å². The fourth-order valence-electron chi connectivity index (χ4n) is 4.77. The number of alkyl halides is 3. The molecule has 0 fully saturated rings. The van der Waals surface area contributed by atoms with E-state index < -0.39 is 41.4 Å². The van der Waals surface area contributed by atoms with Gasteiger partial charge in [-0.25, -0.2) is 15.0 Å². The van der Waals surface area contributed by atoms with Crippen LogP contribution in [0.25, 0.3) is 0 Å². The highest BCUT2D eigenvalue weighted by molar-refractivity contribution is 14.1. The second-order valence-corrected chi connectivity index (χ2v) is 12.2. The van der Waals surface area contributed by atoms with Gasteiger partial charge in [-0.05, 0) is 67.1 Å². The fourth-order valence-corrected chi connectivity index (χ4v) is 5.23. The van der Waals surface area contributed by atoms with Crippen LogP contribution in [0.15, 0.2) is 104 Å². The summed E-state index contributed by atoms with van der Waals surface area (Å²) in [5.41, 5.74) is 1.79. The van der Waals surface area contributed by atoms with Crippen LogP contribution in [0.5, 0.6) is 0 Å². The van der Waals surface area contributed by atoms with Crippen molar-refractivity contribution in [2.75, 3.05) is 21.3 Å². The molecule has 0 unspecified atom stereocenters. The van der Waals surface area contributed by atoms with E-state index >= 15 is 0 Å². The maximum Gasteiger partial charge on any atom is 0.416 e. The summed E-state index contributed by atoms with van der Waals surface area (Å²) in [5.74, 6) is -2.08. The number of hydrogen-bond donors (Lipinski definition) is 5. The quantitative estimate of drug-likeness (QED) is 0.0721. The van der Waals surface area contributed by atoms with Crippen molar-refractivity contribution in [3.63, 3.8) is 0 Å². The van der Waals surface area contributed by atoms with Gasteiger partial charge in [-0.3, -0.25) is 22.0 Å². The molecule has 52 heavy (non-hydrogen) atoms. The number of carbonyl (C=O) groups is 4. The summed E-state index contributed by atoms with van der Waals surface area (Å²) < 4.78 is 41.0. The molecule has 0 saturated carbocycles. The van der Waals surface area contributed by atoms with Gasteiger partial charge in [-0.15, -0.1) is 0 Å². The van der Waals surface area contributed by atoms with Crippen molar-refractivity contribution in [1.82, 2.24) is 23.0 Å². The molecule has 0 saturated heterocycles. The molecule has 17 heteroatoms. The zero-order valence-corrected chi connectivity index (χ0v) is 29.3. The molecule has 266 valence electrons. The molecule has 5 N–H and O–H groups in total. The second kappa shape index (κ2) is 16.3. The van der Waals surface area contributed by atoms with Crippen LogP contribution in [0.1, 0.15) is 37.5 Å². The minimum absolute atomic E-state index is 0.184. The summed E-state index contributed by atoms with van der Waals surface area (Å²) in [4.78, 5) is 63.5. The van der Waals surface area contributed by atoms with Crippen LogP contribution in [0.4, 0.5) is 41.9 Å². The van der Waals surface area contributed by atoms with Crippen LogP contribution in [-0.4, -0.2) is 47.4 Å². The number of rotatable bonds is 12. The zero-order valence-electron chi connectivity index (χ0n) is 27.2. The van der Waals surface area contributed by atoms with Gasteiger partial charge in [0, 0.05) is 40.8 Å². The minimum atomic E-state index is -4.60. The third kappa shape index (κ3) is 9.77. The molecule has 13 nitrogen and oxygen atoms in total. The average Bonchev–Trinajstić information content (AvgIpc) is 3.52. The standard InChI is InChI=1S/C35H29F3IN9O4/c1-3-30(49)47-29(15-27-18-40-19-48(27)39)33(52)44-23-8-5-9-24(13-23)46-34-41-16-26(17-42-34)45-32(51)28-14-25(11-10-20(28)2)43-31(50)21-6-4-7-22(12-21)35(36,37)38/h3-14,16-19,29H,1,15H2,2H3,(H,43,50)(H,44,52)(H,45,51)(H,47,49)(H,41,42,46)/t29-/m0/s1. The van der Waals surface area contributed by atoms with Crippen LogP contribution >= 0.6 is 22.9 Å². The lowest BCUT2D eigenvalue weighted by Gasteiger charge is -2.18. The monoisotopic (exact) mass is 823 g/mol. The number of aryl methyl sites for hydroxylation is 1. The van der Waals surface area contributed by atoms with Gasteiger partial charge in [0.05, 0.1) is 52.2 Å². The Morgan fingerprint density at radius 1 is 0.865 bits per heavy atom. The molecular formula is C35H29F3IN9O4. The Hall–Kier alpha value is -6.11. The Morgan fingerprint density at radius 3 is 2.25 bits per heavy atom. The molecule has 2 heterocycles. The molecule has 0 aliphatic carbocycles. The SMILES string of the molecule is C=CC(=O)N[C@@H](Cc1cncn1I)C(=O)Nc1cccc(Nc2ncc(NC(=O)c3cc(NC(=O)c4cccc(C(F)(F)F)c4)ccc3C)cn2)c1. The number of aromatic nitrogens is 4. The number of amides is 4. The number of anilines is 5. The van der Waals surface area contributed by atoms with Crippen molar-refractivity contribution in [2.24, 2.45) is 0 Å². The minimum Gasteiger partial charge on any atom is -0.340 e. The molecular weight excluding hydrogens is 794 g/mol. The summed E-state index contributed by atoms with van der Waals surface area (Å²) in [6, 6.07) is 14.4. The van der Waals surface area contributed by atoms with E-state index in [1.54, 1.807) is 52.6 Å². The van der Waals surface area contributed by atoms with Gasteiger partial charge in [0.1, 0.15) is 12.4 Å². The lowest BCUT2D eigenvalue weighted by atomic mass is 10.1. The van der Waals surface area contributed by atoms with Gasteiger partial charge < -0.3 is 26.6 Å². The van der Waals surface area contributed by atoms with Gasteiger partial charge in [-0.2, -0.15) is 13.2 Å². The van der Waals surface area contributed by atoms with E-state index in [9.17, 15) is 32.3 Å². The van der Waals surface area contributed by atoms with Gasteiger partial charge >= 0.3 is 6.18 Å². The first-order valence-corrected chi connectivity index (χ1v) is 16.3. The Morgan fingerprint density at radius 2 is 1.56 bits per heavy atom. The average molecular weight is 824 g/mol. The third-order valence-corrected chi connectivity index (χ3v) is 8.25. The molecule has 4 amide bonds. The predicted octanol–water partition coefficient (Wildman–Crippen LogP) is 6.30. The Balaban J connectivity index is 1.20. The highest BCUT2D eigenvalue weighted by Crippen LogP contribution is 2.30. The number of imidazole rings is 1. The van der Waals surface area contributed by atoms with Crippen LogP contribution in [0.2, 0.25) is 0 Å². The molecule has 0 bridgehead atoms. The second-order valence-electron chi connectivity index (χ2n) is 11.2. The summed E-state index contributed by atoms with van der Waals surface area (Å²) in [5, 5.41) is 13.7. The van der Waals surface area contributed by atoms with E-state index in [-0.39, 0.29) is 34.9 Å². The van der Waals surface area contributed by atoms with Crippen molar-refractivity contribution in [3.8, 4) is 0 Å². The van der Waals surface area contributed by atoms with E-state index in [0.717, 1.165) is 30.0 Å². The van der Waals surface area contributed by atoms with E-state index in [1.165, 1.54) is 30.6 Å². The molecule has 5 aromatic rings. The molecule has 2 aromatic heterocycles. The molecule has 1 atom stereocenters. The summed E-state index contributed by atoms with van der Waals surface area (Å²) >= 11 is 2.03. The number of benzene rings is 3. The van der Waals surface area contributed by atoms with Gasteiger partial charge in [-0.1, -0.05) is 24.8 Å². The molecule has 0 aliphatic rings. The highest BCUT2D eigenvalue weighted by Gasteiger charge is 2.31. The number of nitrogens with one attached hydrogen (secondary N) is 5. The van der Waals surface area contributed by atoms with Crippen molar-refractivity contribution < 1.29 is 32.3 Å². The van der Waals surface area contributed by atoms with Crippen molar-refractivity contribution >= 4 is 75.2 Å². The first-order valence-electron chi connectivity index (χ1n) is 15.3. The predicted molar refractivity (Wildman–Crippen MR) is 196 cm³/mol. The van der Waals surface area contributed by atoms with Crippen LogP contribution in [0, 0.1) is 6.92 Å². The number of carbonyl (C=O) groups excluding carboxylic acids is 4. The number of nitrogens with zero attached hydrogens (tertiary/aromatic N) is 4. The molecule has 0 radical (unpaired) electrons. The first-order chi connectivity index (χ1) is 24.8. The molecule has 0 aliphatic heterocycles. The Bertz CT molecular complexity index is 2140. The van der Waals surface area contributed by atoms with Gasteiger partial charge in [0.15, 0.2) is 0 Å². The normalized spacial score (nSPS) is 11.6. The zero-order chi connectivity index (χ0) is 37.4. The van der Waals surface area contributed by atoms with Crippen LogP contribution in [-0.2, 0) is 22.2 Å². The van der Waals surface area contributed by atoms with E-state index in [1.807, 2.05) is 22.9 Å². The van der Waals surface area contributed by atoms with Crippen LogP contribution < -0.4 is 26.6 Å². The molecule has 5 rings (SSSR count). The van der Waals surface area contributed by atoms with Crippen molar-refractivity contribution in [3.05, 3.63) is 132 Å². The Labute approximate surface area is 308 Å². The summed E-state index contributed by atoms with van der Waals surface area (Å²) in [7, 11) is 0. The lowest BCUT2D eigenvalue weighted by Crippen LogP contribution is -2.44. The smallest absolute Gasteiger partial charge is 0.340 e. The van der Waals surface area contributed by atoms with E-state index in [4.69, 9.17) is 0 Å². The summed E-state index contributed by atoms with van der Waals surface area (Å²) in [6.45, 7) is 5.13. The first kappa shape index (κ1) is 37.2. The van der Waals surface area contributed by atoms with Crippen LogP contribution in [0.3, 0.4) is 0 Å². The third-order valence-electron chi connectivity index (χ3n) is 7.39. The number of hydrogen-bond acceptors (Lipinski definition) is 8. The maximum absolute atomic E-state index is 13.2. The van der Waals surface area contributed by atoms with Gasteiger partial charge in [0.25, 0.3) is 11.8 Å². The Kier molecular flexibility index (Phi) is 11.6. The van der Waals surface area contributed by atoms with E-state index in [2.05, 4.69) is 48.1 Å². The highest BCUT2D eigenvalue weighted by atomic mass is 127. The van der Waals surface area contributed by atoms with Crippen molar-refractivity contribution in [2.45, 2.75) is 25.6 Å². The number of halogens is 4. The maximum atomic E-state index is 13.2. The largest absolute Gasteiger partial charge is 0.416 e. The van der Waals surface area contributed by atoms with Gasteiger partial charge in [0.2, 0.25) is 17.8 Å².